The van der Waals surface area contributed by atoms with Crippen molar-refractivity contribution in [2.24, 2.45) is 0 Å². The first-order valence-electron chi connectivity index (χ1n) is 9.46. The molecule has 0 radical (unpaired) electrons. The first kappa shape index (κ1) is 21.9. The van der Waals surface area contributed by atoms with Crippen molar-refractivity contribution in [1.82, 2.24) is 10.3 Å². The highest BCUT2D eigenvalue weighted by atomic mass is 32.2. The lowest BCUT2D eigenvalue weighted by molar-refractivity contribution is -0.121. The second-order valence-electron chi connectivity index (χ2n) is 6.64. The Morgan fingerprint density at radius 3 is 2.50 bits per heavy atom. The molecule has 30 heavy (non-hydrogen) atoms. The summed E-state index contributed by atoms with van der Waals surface area (Å²) in [4.78, 5) is 16.2. The Labute approximate surface area is 179 Å². The second kappa shape index (κ2) is 10.3. The molecule has 0 fully saturated rings. The summed E-state index contributed by atoms with van der Waals surface area (Å²) in [5.41, 5.74) is 1.88. The minimum atomic E-state index is -3.83. The van der Waals surface area contributed by atoms with Gasteiger partial charge in [0.25, 0.3) is 10.0 Å². The SMILES string of the molecule is O=C(CCc1csc(NS(=O)(=O)c2ccc(F)cc2)n1)NCCCc1ccccc1. The average Bonchev–Trinajstić information content (AvgIpc) is 3.17. The van der Waals surface area contributed by atoms with Gasteiger partial charge in [0.15, 0.2) is 5.13 Å². The number of carbonyl (C=O) groups is 1. The normalized spacial score (nSPS) is 11.2. The molecule has 3 rings (SSSR count). The monoisotopic (exact) mass is 447 g/mol. The third kappa shape index (κ3) is 6.64. The van der Waals surface area contributed by atoms with Gasteiger partial charge in [0.05, 0.1) is 10.6 Å². The van der Waals surface area contributed by atoms with Gasteiger partial charge in [-0.3, -0.25) is 9.52 Å². The Hall–Kier alpha value is -2.78. The third-order valence-electron chi connectivity index (χ3n) is 4.31. The number of anilines is 1. The Morgan fingerprint density at radius 2 is 1.77 bits per heavy atom. The molecule has 0 spiro atoms. The highest BCUT2D eigenvalue weighted by Crippen LogP contribution is 2.21. The van der Waals surface area contributed by atoms with Crippen molar-refractivity contribution >= 4 is 32.4 Å². The molecule has 1 heterocycles. The van der Waals surface area contributed by atoms with E-state index in [1.165, 1.54) is 17.7 Å². The molecule has 0 aliphatic carbocycles. The molecule has 0 saturated carbocycles. The van der Waals surface area contributed by atoms with Gasteiger partial charge in [0.1, 0.15) is 5.82 Å². The topological polar surface area (TPSA) is 88.2 Å². The number of benzene rings is 2. The van der Waals surface area contributed by atoms with E-state index in [0.29, 0.717) is 18.7 Å². The van der Waals surface area contributed by atoms with Crippen LogP contribution < -0.4 is 10.0 Å². The van der Waals surface area contributed by atoms with E-state index in [1.54, 1.807) is 5.38 Å². The fourth-order valence-electron chi connectivity index (χ4n) is 2.75. The molecule has 0 aliphatic heterocycles. The van der Waals surface area contributed by atoms with Gasteiger partial charge in [-0.25, -0.2) is 17.8 Å². The van der Waals surface area contributed by atoms with Gasteiger partial charge in [-0.15, -0.1) is 11.3 Å². The number of nitrogens with one attached hydrogen (secondary N) is 2. The molecule has 0 saturated heterocycles. The van der Waals surface area contributed by atoms with Crippen LogP contribution in [0.3, 0.4) is 0 Å². The highest BCUT2D eigenvalue weighted by molar-refractivity contribution is 7.93. The van der Waals surface area contributed by atoms with Crippen molar-refractivity contribution in [1.29, 1.82) is 0 Å². The second-order valence-corrected chi connectivity index (χ2v) is 9.18. The van der Waals surface area contributed by atoms with E-state index in [-0.39, 0.29) is 22.4 Å². The van der Waals surface area contributed by atoms with Crippen molar-refractivity contribution in [3.05, 3.63) is 77.1 Å². The van der Waals surface area contributed by atoms with E-state index in [9.17, 15) is 17.6 Å². The summed E-state index contributed by atoms with van der Waals surface area (Å²) in [7, 11) is -3.83. The predicted molar refractivity (Wildman–Crippen MR) is 115 cm³/mol. The summed E-state index contributed by atoms with van der Waals surface area (Å²) in [6.07, 6.45) is 2.46. The zero-order valence-corrected chi connectivity index (χ0v) is 17.8. The molecule has 0 aliphatic rings. The van der Waals surface area contributed by atoms with E-state index in [4.69, 9.17) is 0 Å². The van der Waals surface area contributed by atoms with Crippen LogP contribution in [0, 0.1) is 5.82 Å². The number of hydrogen-bond donors (Lipinski definition) is 2. The van der Waals surface area contributed by atoms with Crippen molar-refractivity contribution in [3.63, 3.8) is 0 Å². The van der Waals surface area contributed by atoms with E-state index in [1.807, 2.05) is 18.2 Å². The van der Waals surface area contributed by atoms with Crippen molar-refractivity contribution in [2.75, 3.05) is 11.3 Å². The fraction of sp³-hybridized carbons (Fsp3) is 0.238. The van der Waals surface area contributed by atoms with Crippen LogP contribution in [0.4, 0.5) is 9.52 Å². The standard InChI is InChI=1S/C21H22FN3O3S2/c22-17-8-11-19(12-9-17)30(27,28)25-21-24-18(15-29-21)10-13-20(26)23-14-4-7-16-5-2-1-3-6-16/h1-3,5-6,8-9,11-12,15H,4,7,10,13-14H2,(H,23,26)(H,24,25). The van der Waals surface area contributed by atoms with Gasteiger partial charge in [-0.1, -0.05) is 30.3 Å². The van der Waals surface area contributed by atoms with Crippen LogP contribution in [0.1, 0.15) is 24.1 Å². The molecule has 0 atom stereocenters. The lowest BCUT2D eigenvalue weighted by atomic mass is 10.1. The molecular weight excluding hydrogens is 425 g/mol. The van der Waals surface area contributed by atoms with Crippen molar-refractivity contribution in [3.8, 4) is 0 Å². The van der Waals surface area contributed by atoms with Crippen LogP contribution in [0.2, 0.25) is 0 Å². The fourth-order valence-corrected chi connectivity index (χ4v) is 4.75. The number of hydrogen-bond acceptors (Lipinski definition) is 5. The largest absolute Gasteiger partial charge is 0.356 e. The number of carbonyl (C=O) groups excluding carboxylic acids is 1. The quantitative estimate of drug-likeness (QED) is 0.463. The minimum absolute atomic E-state index is 0.0458. The minimum Gasteiger partial charge on any atom is -0.356 e. The van der Waals surface area contributed by atoms with Crippen molar-refractivity contribution in [2.45, 2.75) is 30.6 Å². The van der Waals surface area contributed by atoms with E-state index in [2.05, 4.69) is 27.2 Å². The Bertz CT molecular complexity index is 1070. The van der Waals surface area contributed by atoms with Crippen LogP contribution in [0.5, 0.6) is 0 Å². The van der Waals surface area contributed by atoms with Gasteiger partial charge in [0.2, 0.25) is 5.91 Å². The molecule has 1 amide bonds. The maximum Gasteiger partial charge on any atom is 0.263 e. The Kier molecular flexibility index (Phi) is 7.53. The zero-order valence-electron chi connectivity index (χ0n) is 16.2. The number of sulfonamides is 1. The van der Waals surface area contributed by atoms with Gasteiger partial charge in [-0.05, 0) is 49.1 Å². The summed E-state index contributed by atoms with van der Waals surface area (Å²) < 4.78 is 40.0. The lowest BCUT2D eigenvalue weighted by Gasteiger charge is -2.05. The molecule has 158 valence electrons. The number of amides is 1. The van der Waals surface area contributed by atoms with Crippen LogP contribution in [-0.2, 0) is 27.7 Å². The molecule has 9 heteroatoms. The highest BCUT2D eigenvalue weighted by Gasteiger charge is 2.16. The predicted octanol–water partition coefficient (Wildman–Crippen LogP) is 3.76. The average molecular weight is 448 g/mol. The van der Waals surface area contributed by atoms with Crippen LogP contribution >= 0.6 is 11.3 Å². The number of halogens is 1. The van der Waals surface area contributed by atoms with E-state index in [0.717, 1.165) is 36.3 Å². The molecule has 6 nitrogen and oxygen atoms in total. The summed E-state index contributed by atoms with van der Waals surface area (Å²) in [6.45, 7) is 0.605. The smallest absolute Gasteiger partial charge is 0.263 e. The Balaban J connectivity index is 1.41. The molecular formula is C21H22FN3O3S2. The zero-order chi connectivity index (χ0) is 21.4. The maximum absolute atomic E-state index is 13.0. The van der Waals surface area contributed by atoms with Gasteiger partial charge >= 0.3 is 0 Å². The molecule has 1 aromatic heterocycles. The van der Waals surface area contributed by atoms with Crippen LogP contribution in [0.15, 0.2) is 64.9 Å². The van der Waals surface area contributed by atoms with E-state index >= 15 is 0 Å². The first-order valence-corrected chi connectivity index (χ1v) is 11.8. The molecule has 3 aromatic rings. The molecule has 2 aromatic carbocycles. The first-order chi connectivity index (χ1) is 14.4. The molecule has 0 unspecified atom stereocenters. The molecule has 0 bridgehead atoms. The summed E-state index contributed by atoms with van der Waals surface area (Å²) >= 11 is 1.14. The number of thiazole rings is 1. The third-order valence-corrected chi connectivity index (χ3v) is 6.60. The molecule has 2 N–H and O–H groups in total. The van der Waals surface area contributed by atoms with Gasteiger partial charge in [0, 0.05) is 18.3 Å². The summed E-state index contributed by atoms with van der Waals surface area (Å²) in [5.74, 6) is -0.576. The summed E-state index contributed by atoms with van der Waals surface area (Å²) in [5, 5.41) is 4.81. The lowest BCUT2D eigenvalue weighted by Crippen LogP contribution is -2.25. The van der Waals surface area contributed by atoms with Gasteiger partial charge < -0.3 is 5.32 Å². The van der Waals surface area contributed by atoms with Crippen LogP contribution in [0.25, 0.3) is 0 Å². The number of rotatable bonds is 10. The van der Waals surface area contributed by atoms with Gasteiger partial charge in [-0.2, -0.15) is 0 Å². The van der Waals surface area contributed by atoms with Crippen molar-refractivity contribution < 1.29 is 17.6 Å². The van der Waals surface area contributed by atoms with E-state index < -0.39 is 15.8 Å². The maximum atomic E-state index is 13.0. The summed E-state index contributed by atoms with van der Waals surface area (Å²) in [6, 6.07) is 14.6. The number of aromatic nitrogens is 1. The van der Waals surface area contributed by atoms with Crippen LogP contribution in [-0.4, -0.2) is 25.9 Å². The Morgan fingerprint density at radius 1 is 1.03 bits per heavy atom. The number of aryl methyl sites for hydroxylation is 2. The number of nitrogens with zero attached hydrogens (tertiary/aromatic N) is 1.